The average molecular weight is 308 g/mol. The Morgan fingerprint density at radius 3 is 2.20 bits per heavy atom. The lowest BCUT2D eigenvalue weighted by Gasteiger charge is -2.08. The van der Waals surface area contributed by atoms with Crippen LogP contribution in [0.15, 0.2) is 0 Å². The van der Waals surface area contributed by atoms with E-state index in [0.717, 1.165) is 0 Å². The van der Waals surface area contributed by atoms with Gasteiger partial charge in [-0.3, -0.25) is 14.4 Å². The van der Waals surface area contributed by atoms with E-state index in [0.29, 0.717) is 0 Å². The number of hydrogen-bond acceptors (Lipinski definition) is 6. The van der Waals surface area contributed by atoms with Gasteiger partial charge in [0.25, 0.3) is 0 Å². The molecule has 0 heterocycles. The monoisotopic (exact) mass is 307 g/mol. The highest BCUT2D eigenvalue weighted by Crippen LogP contribution is 2.06. The van der Waals surface area contributed by atoms with Crippen LogP contribution in [0.5, 0.6) is 0 Å². The molecule has 8 heteroatoms. The smallest absolute Gasteiger partial charge is 0.331 e. The Balaban J connectivity index is 3.97. The second-order valence-corrected chi connectivity index (χ2v) is 4.10. The lowest BCUT2D eigenvalue weighted by Crippen LogP contribution is -2.32. The van der Waals surface area contributed by atoms with Crippen molar-refractivity contribution in [1.29, 1.82) is 0 Å². The first-order valence-electron chi connectivity index (χ1n) is 6.18. The molecule has 0 saturated carbocycles. The molecule has 0 bridgehead atoms. The number of esters is 2. The first-order valence-corrected chi connectivity index (χ1v) is 6.61. The Kier molecular flexibility index (Phi) is 9.36. The van der Waals surface area contributed by atoms with E-state index in [1.807, 2.05) is 0 Å². The van der Waals surface area contributed by atoms with Crippen molar-refractivity contribution >= 4 is 35.2 Å². The number of ether oxygens (including phenoxy) is 2. The van der Waals surface area contributed by atoms with Crippen LogP contribution in [0.2, 0.25) is 0 Å². The fraction of sp³-hybridized carbons (Fsp3) is 0.667. The third kappa shape index (κ3) is 7.73. The molecule has 20 heavy (non-hydrogen) atoms. The molecule has 0 aliphatic heterocycles. The Bertz CT molecular complexity index is 371. The summed E-state index contributed by atoms with van der Waals surface area (Å²) in [5.74, 6) is -2.49. The molecule has 1 N–H and O–H groups in total. The first-order chi connectivity index (χ1) is 9.42. The number of alkyl halides is 1. The highest BCUT2D eigenvalue weighted by molar-refractivity contribution is 6.41. The molecule has 0 aliphatic carbocycles. The predicted molar refractivity (Wildman–Crippen MR) is 70.2 cm³/mol. The van der Waals surface area contributed by atoms with Gasteiger partial charge in [-0.2, -0.15) is 0 Å². The van der Waals surface area contributed by atoms with Crippen molar-refractivity contribution in [3.05, 3.63) is 0 Å². The first kappa shape index (κ1) is 18.4. The van der Waals surface area contributed by atoms with E-state index in [1.54, 1.807) is 13.8 Å². The molecule has 7 nitrogen and oxygen atoms in total. The molecule has 0 aromatic carbocycles. The molecule has 0 aromatic rings. The molecular weight excluding hydrogens is 290 g/mol. The number of carbonyl (C=O) groups is 4. The molecule has 0 aliphatic rings. The van der Waals surface area contributed by atoms with Gasteiger partial charge in [0.15, 0.2) is 11.2 Å². The van der Waals surface area contributed by atoms with Crippen LogP contribution >= 0.6 is 11.6 Å². The van der Waals surface area contributed by atoms with Crippen LogP contribution < -0.4 is 5.32 Å². The van der Waals surface area contributed by atoms with Crippen molar-refractivity contribution in [3.8, 4) is 0 Å². The quantitative estimate of drug-likeness (QED) is 0.371. The third-order valence-electron chi connectivity index (χ3n) is 2.11. The number of carbonyl (C=O) groups excluding carboxylic acids is 4. The van der Waals surface area contributed by atoms with Gasteiger partial charge in [0.1, 0.15) is 6.54 Å². The van der Waals surface area contributed by atoms with E-state index >= 15 is 0 Å². The summed E-state index contributed by atoms with van der Waals surface area (Å²) in [6.45, 7) is 3.32. The van der Waals surface area contributed by atoms with Crippen LogP contribution in [0, 0.1) is 0 Å². The van der Waals surface area contributed by atoms with E-state index in [2.05, 4.69) is 14.8 Å². The average Bonchev–Trinajstić information content (AvgIpc) is 2.42. The SMILES string of the molecule is CCOC(=O)CNC(=O)CCC(=O)C(Cl)C(=O)OCC. The summed E-state index contributed by atoms with van der Waals surface area (Å²) in [5, 5.41) is 0.882. The van der Waals surface area contributed by atoms with Gasteiger partial charge in [0.2, 0.25) is 5.91 Å². The van der Waals surface area contributed by atoms with Crippen molar-refractivity contribution in [2.24, 2.45) is 0 Å². The van der Waals surface area contributed by atoms with Crippen molar-refractivity contribution < 1.29 is 28.7 Å². The molecule has 1 unspecified atom stereocenters. The summed E-state index contributed by atoms with van der Waals surface area (Å²) in [6.07, 6.45) is -0.373. The molecular formula is C12H18ClNO6. The zero-order valence-corrected chi connectivity index (χ0v) is 12.2. The maximum Gasteiger partial charge on any atom is 0.331 e. The maximum absolute atomic E-state index is 11.5. The Labute approximate surface area is 121 Å². The summed E-state index contributed by atoms with van der Waals surface area (Å²) in [4.78, 5) is 45.0. The van der Waals surface area contributed by atoms with Gasteiger partial charge in [-0.15, -0.1) is 11.6 Å². The summed E-state index contributed by atoms with van der Waals surface area (Å²) in [7, 11) is 0. The topological polar surface area (TPSA) is 98.8 Å². The zero-order chi connectivity index (χ0) is 15.5. The van der Waals surface area contributed by atoms with Gasteiger partial charge in [-0.1, -0.05) is 0 Å². The van der Waals surface area contributed by atoms with Gasteiger partial charge >= 0.3 is 11.9 Å². The normalized spacial score (nSPS) is 11.3. The van der Waals surface area contributed by atoms with Crippen LogP contribution in [-0.2, 0) is 28.7 Å². The second-order valence-electron chi connectivity index (χ2n) is 3.66. The number of amides is 1. The van der Waals surface area contributed by atoms with Crippen LogP contribution in [0.3, 0.4) is 0 Å². The van der Waals surface area contributed by atoms with Crippen molar-refractivity contribution in [2.45, 2.75) is 32.1 Å². The van der Waals surface area contributed by atoms with Crippen molar-refractivity contribution in [3.63, 3.8) is 0 Å². The highest BCUT2D eigenvalue weighted by atomic mass is 35.5. The van der Waals surface area contributed by atoms with Crippen molar-refractivity contribution in [1.82, 2.24) is 5.32 Å². The van der Waals surface area contributed by atoms with Crippen LogP contribution in [-0.4, -0.2) is 48.8 Å². The molecule has 114 valence electrons. The lowest BCUT2D eigenvalue weighted by molar-refractivity contribution is -0.145. The molecule has 1 atom stereocenters. The number of nitrogens with one attached hydrogen (secondary N) is 1. The number of ketones is 1. The Hall–Kier alpha value is -1.63. The van der Waals surface area contributed by atoms with E-state index in [4.69, 9.17) is 11.6 Å². The van der Waals surface area contributed by atoms with E-state index in [1.165, 1.54) is 0 Å². The van der Waals surface area contributed by atoms with E-state index < -0.39 is 29.0 Å². The van der Waals surface area contributed by atoms with Crippen molar-refractivity contribution in [2.75, 3.05) is 19.8 Å². The van der Waals surface area contributed by atoms with Crippen LogP contribution in [0.25, 0.3) is 0 Å². The third-order valence-corrected chi connectivity index (χ3v) is 2.53. The summed E-state index contributed by atoms with van der Waals surface area (Å²) < 4.78 is 9.20. The van der Waals surface area contributed by atoms with E-state index in [9.17, 15) is 19.2 Å². The van der Waals surface area contributed by atoms with Crippen LogP contribution in [0.4, 0.5) is 0 Å². The van der Waals surface area contributed by atoms with E-state index in [-0.39, 0.29) is 32.6 Å². The number of Topliss-reactive ketones (excluding diaryl/α,β-unsaturated/α-hetero) is 1. The molecule has 0 radical (unpaired) electrons. The molecule has 0 rings (SSSR count). The maximum atomic E-state index is 11.5. The summed E-state index contributed by atoms with van der Waals surface area (Å²) in [6, 6.07) is 0. The minimum Gasteiger partial charge on any atom is -0.465 e. The number of rotatable bonds is 9. The summed E-state index contributed by atoms with van der Waals surface area (Å²) >= 11 is 5.58. The minimum atomic E-state index is -1.41. The minimum absolute atomic E-state index is 0.120. The molecule has 0 spiro atoms. The van der Waals surface area contributed by atoms with Gasteiger partial charge < -0.3 is 14.8 Å². The van der Waals surface area contributed by atoms with Gasteiger partial charge in [-0.25, -0.2) is 4.79 Å². The Morgan fingerprint density at radius 1 is 1.05 bits per heavy atom. The fourth-order valence-electron chi connectivity index (χ4n) is 1.18. The summed E-state index contributed by atoms with van der Waals surface area (Å²) in [5.41, 5.74) is 0. The van der Waals surface area contributed by atoms with Gasteiger partial charge in [0, 0.05) is 12.8 Å². The largest absolute Gasteiger partial charge is 0.465 e. The molecule has 1 amide bonds. The standard InChI is InChI=1S/C12H18ClNO6/c1-3-19-10(17)7-14-9(16)6-5-8(15)11(13)12(18)20-4-2/h11H,3-7H2,1-2H3,(H,14,16). The predicted octanol–water partition coefficient (Wildman–Crippen LogP) is 0.185. The second kappa shape index (κ2) is 10.2. The zero-order valence-electron chi connectivity index (χ0n) is 11.4. The highest BCUT2D eigenvalue weighted by Gasteiger charge is 2.25. The van der Waals surface area contributed by atoms with Gasteiger partial charge in [0.05, 0.1) is 13.2 Å². The molecule has 0 aromatic heterocycles. The Morgan fingerprint density at radius 2 is 1.65 bits per heavy atom. The molecule has 0 saturated heterocycles. The number of halogens is 1. The van der Waals surface area contributed by atoms with Crippen LogP contribution in [0.1, 0.15) is 26.7 Å². The number of hydrogen-bond donors (Lipinski definition) is 1. The lowest BCUT2D eigenvalue weighted by atomic mass is 10.1. The fourth-order valence-corrected chi connectivity index (χ4v) is 1.35. The van der Waals surface area contributed by atoms with Gasteiger partial charge in [-0.05, 0) is 13.8 Å². The molecule has 0 fully saturated rings.